The Morgan fingerprint density at radius 1 is 1.39 bits per heavy atom. The van der Waals surface area contributed by atoms with E-state index >= 15 is 0 Å². The van der Waals surface area contributed by atoms with E-state index in [9.17, 15) is 0 Å². The van der Waals surface area contributed by atoms with Gasteiger partial charge in [-0.25, -0.2) is 4.98 Å². The molecule has 2 aromatic rings. The number of benzene rings is 1. The van der Waals surface area contributed by atoms with E-state index in [1.54, 1.807) is 0 Å². The summed E-state index contributed by atoms with van der Waals surface area (Å²) in [6.45, 7) is 3.58. The van der Waals surface area contributed by atoms with Crippen LogP contribution in [0.25, 0.3) is 0 Å². The average molecular weight is 279 g/mol. The van der Waals surface area contributed by atoms with Crippen LogP contribution >= 0.6 is 22.9 Å². The lowest BCUT2D eigenvalue weighted by Gasteiger charge is -2.00. The smallest absolute Gasteiger partial charge is 0.189 e. The molecule has 1 aromatic carbocycles. The predicted molar refractivity (Wildman–Crippen MR) is 78.3 cm³/mol. The summed E-state index contributed by atoms with van der Waals surface area (Å²) in [4.78, 5) is 4.26. The normalized spacial score (nSPS) is 9.83. The number of hydrogen-bond acceptors (Lipinski definition) is 5. The van der Waals surface area contributed by atoms with Gasteiger partial charge in [-0.1, -0.05) is 47.7 Å². The fraction of sp³-hybridized carbons (Fsp3) is 0. The van der Waals surface area contributed by atoms with E-state index in [0.717, 1.165) is 5.69 Å². The minimum atomic E-state index is -0.100. The lowest BCUT2D eigenvalue weighted by Crippen LogP contribution is -1.95. The second-order valence-electron chi connectivity index (χ2n) is 3.35. The van der Waals surface area contributed by atoms with Crippen molar-refractivity contribution in [1.82, 2.24) is 4.98 Å². The van der Waals surface area contributed by atoms with Crippen LogP contribution in [0.2, 0.25) is 0 Å². The summed E-state index contributed by atoms with van der Waals surface area (Å²) in [5.74, 6) is 0. The van der Waals surface area contributed by atoms with Crippen LogP contribution in [0, 0.1) is 5.41 Å². The fourth-order valence-corrected chi connectivity index (χ4v) is 2.44. The molecular formula is C12H11ClN4S. The zero-order chi connectivity index (χ0) is 13.0. The van der Waals surface area contributed by atoms with E-state index in [1.807, 2.05) is 30.3 Å². The third-order valence-electron chi connectivity index (χ3n) is 2.09. The van der Waals surface area contributed by atoms with E-state index < -0.39 is 0 Å². The van der Waals surface area contributed by atoms with Crippen LogP contribution in [0.1, 0.15) is 5.69 Å². The summed E-state index contributed by atoms with van der Waals surface area (Å²) in [6, 6.07) is 9.69. The quantitative estimate of drug-likeness (QED) is 0.724. The maximum atomic E-state index is 7.46. The average Bonchev–Trinajstić information content (AvgIpc) is 2.74. The maximum Gasteiger partial charge on any atom is 0.189 e. The molecule has 0 aliphatic heterocycles. The minimum Gasteiger partial charge on any atom is -0.352 e. The van der Waals surface area contributed by atoms with Crippen molar-refractivity contribution in [3.05, 3.63) is 48.8 Å². The van der Waals surface area contributed by atoms with E-state index in [0.29, 0.717) is 15.8 Å². The van der Waals surface area contributed by atoms with Gasteiger partial charge in [-0.3, -0.25) is 5.41 Å². The summed E-state index contributed by atoms with van der Waals surface area (Å²) < 4.78 is 0. The molecule has 4 nitrogen and oxygen atoms in total. The van der Waals surface area contributed by atoms with Gasteiger partial charge in [0.15, 0.2) is 5.13 Å². The Labute approximate surface area is 114 Å². The number of halogens is 1. The molecule has 0 saturated carbocycles. The van der Waals surface area contributed by atoms with Crippen LogP contribution in [-0.2, 0) is 0 Å². The topological polar surface area (TPSA) is 60.8 Å². The van der Waals surface area contributed by atoms with Gasteiger partial charge in [-0.2, -0.15) is 0 Å². The Balaban J connectivity index is 2.26. The molecule has 0 aliphatic carbocycles. The standard InChI is InChI=1S/C12H11ClN4S/c1-2-15-11-9(10(13)14)17-12(18-11)16-8-6-4-3-5-7-8/h2-7,14-15H,1H2,(H,16,17). The van der Waals surface area contributed by atoms with Crippen molar-refractivity contribution in [2.24, 2.45) is 0 Å². The van der Waals surface area contributed by atoms with Crippen molar-refractivity contribution in [2.75, 3.05) is 10.6 Å². The van der Waals surface area contributed by atoms with Crippen molar-refractivity contribution >= 4 is 43.9 Å². The first-order valence-corrected chi connectivity index (χ1v) is 6.35. The molecule has 6 heteroatoms. The number of para-hydroxylation sites is 1. The van der Waals surface area contributed by atoms with Crippen molar-refractivity contribution in [3.63, 3.8) is 0 Å². The number of aromatic nitrogens is 1. The van der Waals surface area contributed by atoms with Gasteiger partial charge in [-0.15, -0.1) is 0 Å². The van der Waals surface area contributed by atoms with Crippen molar-refractivity contribution < 1.29 is 0 Å². The molecule has 0 fully saturated rings. The SMILES string of the molecule is C=CNc1sc(Nc2ccccc2)nc1C(=N)Cl. The number of thiazole rings is 1. The Morgan fingerprint density at radius 3 is 2.72 bits per heavy atom. The molecule has 0 aliphatic rings. The van der Waals surface area contributed by atoms with Gasteiger partial charge in [0.05, 0.1) is 0 Å². The van der Waals surface area contributed by atoms with Crippen molar-refractivity contribution in [3.8, 4) is 0 Å². The van der Waals surface area contributed by atoms with E-state index in [1.165, 1.54) is 17.5 Å². The lowest BCUT2D eigenvalue weighted by atomic mass is 10.3. The monoisotopic (exact) mass is 278 g/mol. The van der Waals surface area contributed by atoms with Gasteiger partial charge >= 0.3 is 0 Å². The molecule has 2 rings (SSSR count). The molecule has 0 atom stereocenters. The highest BCUT2D eigenvalue weighted by Gasteiger charge is 2.13. The van der Waals surface area contributed by atoms with E-state index in [4.69, 9.17) is 17.0 Å². The Bertz CT molecular complexity index is 565. The summed E-state index contributed by atoms with van der Waals surface area (Å²) >= 11 is 7.06. The van der Waals surface area contributed by atoms with Gasteiger partial charge < -0.3 is 10.6 Å². The Hall–Kier alpha value is -1.85. The van der Waals surface area contributed by atoms with E-state index in [-0.39, 0.29) is 5.17 Å². The molecule has 3 N–H and O–H groups in total. The largest absolute Gasteiger partial charge is 0.352 e. The van der Waals surface area contributed by atoms with Crippen LogP contribution in [0.15, 0.2) is 43.1 Å². The Kier molecular flexibility index (Phi) is 3.96. The molecule has 92 valence electrons. The molecule has 0 radical (unpaired) electrons. The third kappa shape index (κ3) is 2.88. The van der Waals surface area contributed by atoms with Crippen molar-refractivity contribution in [1.29, 1.82) is 5.41 Å². The molecule has 18 heavy (non-hydrogen) atoms. The number of rotatable bonds is 5. The van der Waals surface area contributed by atoms with E-state index in [2.05, 4.69) is 22.2 Å². The minimum absolute atomic E-state index is 0.100. The number of nitrogens with one attached hydrogen (secondary N) is 3. The summed E-state index contributed by atoms with van der Waals surface area (Å²) in [5, 5.41) is 14.8. The molecule has 1 aromatic heterocycles. The highest BCUT2D eigenvalue weighted by Crippen LogP contribution is 2.31. The van der Waals surface area contributed by atoms with Crippen LogP contribution in [0.5, 0.6) is 0 Å². The second-order valence-corrected chi connectivity index (χ2v) is 4.73. The molecule has 0 amide bonds. The van der Waals surface area contributed by atoms with Crippen LogP contribution in [0.4, 0.5) is 15.8 Å². The Morgan fingerprint density at radius 2 is 2.11 bits per heavy atom. The first kappa shape index (κ1) is 12.6. The summed E-state index contributed by atoms with van der Waals surface area (Å²) in [6.07, 6.45) is 1.53. The van der Waals surface area contributed by atoms with Gasteiger partial charge in [-0.05, 0) is 18.3 Å². The first-order valence-electron chi connectivity index (χ1n) is 5.15. The highest BCUT2D eigenvalue weighted by atomic mass is 35.5. The summed E-state index contributed by atoms with van der Waals surface area (Å²) in [5.41, 5.74) is 1.35. The predicted octanol–water partition coefficient (Wildman–Crippen LogP) is 4.01. The third-order valence-corrected chi connectivity index (χ3v) is 3.17. The van der Waals surface area contributed by atoms with Crippen LogP contribution in [-0.4, -0.2) is 10.2 Å². The molecule has 0 bridgehead atoms. The molecule has 0 saturated heterocycles. The highest BCUT2D eigenvalue weighted by molar-refractivity contribution is 7.20. The number of hydrogen-bond donors (Lipinski definition) is 3. The molecule has 0 unspecified atom stereocenters. The van der Waals surface area contributed by atoms with Crippen molar-refractivity contribution in [2.45, 2.75) is 0 Å². The molecule has 1 heterocycles. The molecular weight excluding hydrogens is 268 g/mol. The lowest BCUT2D eigenvalue weighted by molar-refractivity contribution is 1.34. The van der Waals surface area contributed by atoms with Crippen LogP contribution in [0.3, 0.4) is 0 Å². The number of nitrogens with zero attached hydrogens (tertiary/aromatic N) is 1. The zero-order valence-electron chi connectivity index (χ0n) is 9.40. The first-order chi connectivity index (χ1) is 8.70. The van der Waals surface area contributed by atoms with Gasteiger partial charge in [0.25, 0.3) is 0 Å². The second kappa shape index (κ2) is 5.66. The van der Waals surface area contributed by atoms with Crippen LogP contribution < -0.4 is 10.6 Å². The zero-order valence-corrected chi connectivity index (χ0v) is 11.0. The van der Waals surface area contributed by atoms with Gasteiger partial charge in [0.2, 0.25) is 0 Å². The molecule has 0 spiro atoms. The fourth-order valence-electron chi connectivity index (χ4n) is 1.36. The number of anilines is 3. The van der Waals surface area contributed by atoms with Gasteiger partial charge in [0.1, 0.15) is 15.9 Å². The van der Waals surface area contributed by atoms with Gasteiger partial charge in [0, 0.05) is 5.69 Å². The maximum absolute atomic E-state index is 7.46. The summed E-state index contributed by atoms with van der Waals surface area (Å²) in [7, 11) is 0.